The van der Waals surface area contributed by atoms with Gasteiger partial charge in [-0.3, -0.25) is 9.52 Å². The molecule has 2 N–H and O–H groups in total. The number of imidazole rings is 1. The first-order valence-corrected chi connectivity index (χ1v) is 13.4. The van der Waals surface area contributed by atoms with E-state index in [-0.39, 0.29) is 45.9 Å². The number of hydrogen-bond donors (Lipinski definition) is 2. The summed E-state index contributed by atoms with van der Waals surface area (Å²) >= 11 is 0. The summed E-state index contributed by atoms with van der Waals surface area (Å²) < 4.78 is 92.1. The Morgan fingerprint density at radius 3 is 2.24 bits per heavy atom. The number of alkyl halides is 3. The molecule has 0 saturated heterocycles. The first kappa shape index (κ1) is 27.3. The molecule has 10 nitrogen and oxygen atoms in total. The van der Waals surface area contributed by atoms with Crippen LogP contribution in [-0.2, 0) is 26.9 Å². The zero-order valence-corrected chi connectivity index (χ0v) is 20.6. The number of hydrogen-bond acceptors (Lipinski definition) is 8. The van der Waals surface area contributed by atoms with Gasteiger partial charge in [-0.2, -0.15) is 13.2 Å². The van der Waals surface area contributed by atoms with Gasteiger partial charge in [0.05, 0.1) is 22.6 Å². The normalized spacial score (nSPS) is 13.1. The standard InChI is InChI=1S/C19H24F3N5O5S2/c1-6-23-14(19(20,21)22)10-12-17(11(3)28)27(4)18(24-12)16-13(34(31,32)7-2)8-9-15(25-16)26-33(5,29)30/h8-10,23H,6-7H2,1-5H3,(H,25,26)/b14-10-. The summed E-state index contributed by atoms with van der Waals surface area (Å²) in [5.74, 6) is -1.44. The van der Waals surface area contributed by atoms with Crippen molar-refractivity contribution in [1.29, 1.82) is 0 Å². The number of sulfone groups is 1. The maximum atomic E-state index is 13.4. The van der Waals surface area contributed by atoms with Gasteiger partial charge in [-0.15, -0.1) is 0 Å². The summed E-state index contributed by atoms with van der Waals surface area (Å²) in [6, 6.07) is 2.25. The smallest absolute Gasteiger partial charge is 0.381 e. The Hall–Kier alpha value is -2.94. The molecule has 0 aliphatic heterocycles. The number of ketones is 1. The van der Waals surface area contributed by atoms with Gasteiger partial charge in [0, 0.05) is 20.5 Å². The minimum atomic E-state index is -4.77. The zero-order valence-electron chi connectivity index (χ0n) is 19.0. The van der Waals surface area contributed by atoms with Crippen molar-refractivity contribution in [3.05, 3.63) is 29.2 Å². The van der Waals surface area contributed by atoms with E-state index in [4.69, 9.17) is 0 Å². The van der Waals surface area contributed by atoms with E-state index in [1.54, 1.807) is 0 Å². The summed E-state index contributed by atoms with van der Waals surface area (Å²) in [7, 11) is -6.38. The molecule has 2 heterocycles. The van der Waals surface area contributed by atoms with Crippen LogP contribution in [0.15, 0.2) is 22.7 Å². The highest BCUT2D eigenvalue weighted by Crippen LogP contribution is 2.31. The first-order chi connectivity index (χ1) is 15.5. The molecule has 0 aromatic carbocycles. The predicted molar refractivity (Wildman–Crippen MR) is 120 cm³/mol. The minimum Gasteiger partial charge on any atom is -0.381 e. The second-order valence-corrected chi connectivity index (χ2v) is 11.2. The van der Waals surface area contributed by atoms with Crippen LogP contribution in [0.25, 0.3) is 17.6 Å². The van der Waals surface area contributed by atoms with Crippen LogP contribution in [0.3, 0.4) is 0 Å². The average molecular weight is 524 g/mol. The molecule has 34 heavy (non-hydrogen) atoms. The van der Waals surface area contributed by atoms with Crippen LogP contribution in [-0.4, -0.2) is 61.9 Å². The zero-order chi connectivity index (χ0) is 26.1. The number of rotatable bonds is 9. The van der Waals surface area contributed by atoms with E-state index >= 15 is 0 Å². The van der Waals surface area contributed by atoms with Crippen LogP contribution in [0.1, 0.15) is 37.0 Å². The Morgan fingerprint density at radius 2 is 1.76 bits per heavy atom. The fourth-order valence-corrected chi connectivity index (χ4v) is 4.58. The molecule has 0 amide bonds. The van der Waals surface area contributed by atoms with E-state index in [2.05, 4.69) is 20.0 Å². The lowest BCUT2D eigenvalue weighted by Crippen LogP contribution is -2.26. The van der Waals surface area contributed by atoms with Crippen LogP contribution in [0.5, 0.6) is 0 Å². The summed E-state index contributed by atoms with van der Waals surface area (Å²) in [5, 5.41) is 2.17. The lowest BCUT2D eigenvalue weighted by molar-refractivity contribution is -0.0955. The Morgan fingerprint density at radius 1 is 1.15 bits per heavy atom. The van der Waals surface area contributed by atoms with Crippen molar-refractivity contribution in [1.82, 2.24) is 19.9 Å². The number of carbonyl (C=O) groups excluding carboxylic acids is 1. The molecule has 0 aliphatic carbocycles. The van der Waals surface area contributed by atoms with Gasteiger partial charge in [0.25, 0.3) is 0 Å². The molecule has 0 saturated carbocycles. The molecular weight excluding hydrogens is 499 g/mol. The van der Waals surface area contributed by atoms with E-state index in [1.807, 2.05) is 0 Å². The van der Waals surface area contributed by atoms with Crippen molar-refractivity contribution in [2.24, 2.45) is 7.05 Å². The van der Waals surface area contributed by atoms with Crippen LogP contribution >= 0.6 is 0 Å². The number of nitrogens with one attached hydrogen (secondary N) is 2. The Labute approximate surface area is 195 Å². The maximum Gasteiger partial charge on any atom is 0.430 e. The number of carbonyl (C=O) groups is 1. The molecule has 0 fully saturated rings. The van der Waals surface area contributed by atoms with Crippen LogP contribution < -0.4 is 10.0 Å². The van der Waals surface area contributed by atoms with Crippen molar-refractivity contribution in [3.63, 3.8) is 0 Å². The highest BCUT2D eigenvalue weighted by atomic mass is 32.2. The summed E-state index contributed by atoms with van der Waals surface area (Å²) in [5.41, 5.74) is -2.06. The van der Waals surface area contributed by atoms with Gasteiger partial charge in [-0.1, -0.05) is 6.92 Å². The summed E-state index contributed by atoms with van der Waals surface area (Å²) in [6.07, 6.45) is -3.26. The molecular formula is C19H24F3N5O5S2. The van der Waals surface area contributed by atoms with Crippen molar-refractivity contribution < 1.29 is 34.8 Å². The number of nitrogens with zero attached hydrogens (tertiary/aromatic N) is 3. The number of Topliss-reactive ketones (excluding diaryl/α,β-unsaturated/α-hetero) is 1. The van der Waals surface area contributed by atoms with Crippen molar-refractivity contribution in [2.45, 2.75) is 31.8 Å². The summed E-state index contributed by atoms with van der Waals surface area (Å²) in [6.45, 7) is 3.90. The first-order valence-electron chi connectivity index (χ1n) is 9.84. The van der Waals surface area contributed by atoms with Gasteiger partial charge in [0.1, 0.15) is 22.9 Å². The third-order valence-corrected chi connectivity index (χ3v) is 6.82. The molecule has 0 bridgehead atoms. The van der Waals surface area contributed by atoms with E-state index < -0.39 is 37.5 Å². The van der Waals surface area contributed by atoms with Gasteiger partial charge in [0.15, 0.2) is 21.4 Å². The molecule has 2 aromatic rings. The third kappa shape index (κ3) is 6.14. The molecule has 0 unspecified atom stereocenters. The average Bonchev–Trinajstić information content (AvgIpc) is 3.01. The Kier molecular flexibility index (Phi) is 7.82. The topological polar surface area (TPSA) is 140 Å². The van der Waals surface area contributed by atoms with Crippen LogP contribution in [0.2, 0.25) is 0 Å². The van der Waals surface area contributed by atoms with Crippen molar-refractivity contribution >= 4 is 37.5 Å². The number of anilines is 1. The van der Waals surface area contributed by atoms with Crippen molar-refractivity contribution in [3.8, 4) is 11.5 Å². The van der Waals surface area contributed by atoms with Gasteiger partial charge < -0.3 is 9.88 Å². The fraction of sp³-hybridized carbons (Fsp3) is 0.421. The molecule has 0 spiro atoms. The quantitative estimate of drug-likeness (QED) is 0.478. The largest absolute Gasteiger partial charge is 0.430 e. The van der Waals surface area contributed by atoms with E-state index in [0.717, 1.165) is 29.9 Å². The number of allylic oxidation sites excluding steroid dienone is 1. The molecule has 0 radical (unpaired) electrons. The number of sulfonamides is 1. The van der Waals surface area contributed by atoms with Crippen molar-refractivity contribution in [2.75, 3.05) is 23.3 Å². The van der Waals surface area contributed by atoms with E-state index in [1.165, 1.54) is 20.9 Å². The Balaban J connectivity index is 2.92. The number of halogens is 3. The van der Waals surface area contributed by atoms with E-state index in [9.17, 15) is 34.8 Å². The molecule has 2 rings (SSSR count). The SMILES string of the molecule is CCN/C(=C\c1nc(-c2nc(NS(C)(=O)=O)ccc2S(=O)(=O)CC)n(C)c1C(C)=O)C(F)(F)F. The second-order valence-electron chi connectivity index (χ2n) is 7.19. The van der Waals surface area contributed by atoms with Crippen LogP contribution in [0, 0.1) is 0 Å². The van der Waals surface area contributed by atoms with Gasteiger partial charge in [-0.05, 0) is 25.1 Å². The predicted octanol–water partition coefficient (Wildman–Crippen LogP) is 2.36. The molecule has 15 heteroatoms. The van der Waals surface area contributed by atoms with Gasteiger partial charge in [-0.25, -0.2) is 26.8 Å². The van der Waals surface area contributed by atoms with Crippen LogP contribution in [0.4, 0.5) is 19.0 Å². The molecule has 2 aromatic heterocycles. The fourth-order valence-electron chi connectivity index (χ4n) is 3.07. The summed E-state index contributed by atoms with van der Waals surface area (Å²) in [4.78, 5) is 20.1. The number of aromatic nitrogens is 3. The highest BCUT2D eigenvalue weighted by Gasteiger charge is 2.35. The monoisotopic (exact) mass is 523 g/mol. The lowest BCUT2D eigenvalue weighted by Gasteiger charge is -2.12. The maximum absolute atomic E-state index is 13.4. The van der Waals surface area contributed by atoms with E-state index in [0.29, 0.717) is 6.08 Å². The second kappa shape index (κ2) is 9.74. The molecule has 188 valence electrons. The Bertz CT molecular complexity index is 1350. The van der Waals surface area contributed by atoms with Gasteiger partial charge in [0.2, 0.25) is 10.0 Å². The number of pyridine rings is 1. The highest BCUT2D eigenvalue weighted by molar-refractivity contribution is 7.92. The molecule has 0 aliphatic rings. The molecule has 0 atom stereocenters. The van der Waals surface area contributed by atoms with Gasteiger partial charge >= 0.3 is 6.18 Å². The third-order valence-electron chi connectivity index (χ3n) is 4.48. The lowest BCUT2D eigenvalue weighted by atomic mass is 10.2. The minimum absolute atomic E-state index is 0.0555.